The molecule has 3 aromatic rings. The second-order valence-corrected chi connectivity index (χ2v) is 6.23. The summed E-state index contributed by atoms with van der Waals surface area (Å²) in [5.41, 5.74) is 3.59. The summed E-state index contributed by atoms with van der Waals surface area (Å²) in [6.07, 6.45) is 3.17. The summed E-state index contributed by atoms with van der Waals surface area (Å²) in [7, 11) is 0. The minimum Gasteiger partial charge on any atom is -0.452 e. The summed E-state index contributed by atoms with van der Waals surface area (Å²) in [4.78, 5) is 40.2. The lowest BCUT2D eigenvalue weighted by atomic mass is 10.1. The molecule has 3 amide bonds. The molecule has 9 nitrogen and oxygen atoms in total. The van der Waals surface area contributed by atoms with Crippen LogP contribution in [0.2, 0.25) is 0 Å². The second-order valence-electron chi connectivity index (χ2n) is 6.23. The number of carbonyl (C=O) groups excluding carboxylic acids is 3. The van der Waals surface area contributed by atoms with Crippen LogP contribution >= 0.6 is 0 Å². The number of aryl methyl sites for hydroxylation is 3. The Morgan fingerprint density at radius 1 is 1.14 bits per heavy atom. The summed E-state index contributed by atoms with van der Waals surface area (Å²) >= 11 is 0. The van der Waals surface area contributed by atoms with Gasteiger partial charge in [0.2, 0.25) is 0 Å². The molecule has 9 heteroatoms. The van der Waals surface area contributed by atoms with Crippen LogP contribution in [0, 0.1) is 20.8 Å². The van der Waals surface area contributed by atoms with E-state index in [4.69, 9.17) is 4.74 Å². The highest BCUT2D eigenvalue weighted by atomic mass is 16.5. The van der Waals surface area contributed by atoms with Gasteiger partial charge in [0.05, 0.1) is 5.69 Å². The lowest BCUT2D eigenvalue weighted by molar-refractivity contribution is -0.123. The van der Waals surface area contributed by atoms with Crippen LogP contribution in [0.5, 0.6) is 0 Å². The molecule has 0 spiro atoms. The quantitative estimate of drug-likeness (QED) is 0.669. The van der Waals surface area contributed by atoms with Crippen molar-refractivity contribution in [1.29, 1.82) is 0 Å². The fourth-order valence-electron chi connectivity index (χ4n) is 2.58. The number of imide groups is 1. The van der Waals surface area contributed by atoms with E-state index >= 15 is 0 Å². The maximum atomic E-state index is 12.3. The predicted octanol–water partition coefficient (Wildman–Crippen LogP) is 2.16. The first kappa shape index (κ1) is 19.0. The minimum atomic E-state index is -0.753. The molecular formula is C19H19N5O4. The summed E-state index contributed by atoms with van der Waals surface area (Å²) in [5, 5.41) is 8.83. The van der Waals surface area contributed by atoms with Gasteiger partial charge >= 0.3 is 12.0 Å². The van der Waals surface area contributed by atoms with Crippen LogP contribution in [0.1, 0.15) is 27.2 Å². The average molecular weight is 381 g/mol. The highest BCUT2D eigenvalue weighted by Gasteiger charge is 2.21. The standard InChI is InChI=1S/C19H19N5O4/c1-11-5-6-14(9-12(11)2)21-19(27)22-15(25)10-28-18(26)16-13(3)23-24-8-4-7-20-17(16)24/h4-9H,10H2,1-3H3,(H2,21,22,25,27). The zero-order valence-electron chi connectivity index (χ0n) is 15.6. The SMILES string of the molecule is Cc1ccc(NC(=O)NC(=O)COC(=O)c2c(C)nn3cccnc23)cc1C. The summed E-state index contributed by atoms with van der Waals surface area (Å²) in [5.74, 6) is -1.49. The molecule has 0 atom stereocenters. The van der Waals surface area contributed by atoms with Gasteiger partial charge in [-0.2, -0.15) is 5.10 Å². The molecule has 0 bridgehead atoms. The van der Waals surface area contributed by atoms with Crippen molar-refractivity contribution in [3.8, 4) is 0 Å². The third-order valence-corrected chi connectivity index (χ3v) is 4.13. The van der Waals surface area contributed by atoms with E-state index in [1.807, 2.05) is 19.9 Å². The van der Waals surface area contributed by atoms with Gasteiger partial charge in [-0.05, 0) is 50.1 Å². The number of nitrogens with one attached hydrogen (secondary N) is 2. The smallest absolute Gasteiger partial charge is 0.344 e. The lowest BCUT2D eigenvalue weighted by Gasteiger charge is -2.09. The first-order valence-corrected chi connectivity index (χ1v) is 8.50. The molecule has 2 N–H and O–H groups in total. The summed E-state index contributed by atoms with van der Waals surface area (Å²) < 4.78 is 6.45. The van der Waals surface area contributed by atoms with Gasteiger partial charge in [0.1, 0.15) is 5.56 Å². The molecule has 144 valence electrons. The van der Waals surface area contributed by atoms with E-state index in [9.17, 15) is 14.4 Å². The molecule has 0 saturated heterocycles. The van der Waals surface area contributed by atoms with Crippen LogP contribution < -0.4 is 10.6 Å². The Morgan fingerprint density at radius 3 is 2.68 bits per heavy atom. The molecular weight excluding hydrogens is 362 g/mol. The fourth-order valence-corrected chi connectivity index (χ4v) is 2.58. The molecule has 1 aromatic carbocycles. The normalized spacial score (nSPS) is 10.5. The number of amides is 3. The van der Waals surface area contributed by atoms with E-state index in [0.29, 0.717) is 17.0 Å². The topological polar surface area (TPSA) is 115 Å². The number of rotatable bonds is 4. The number of aromatic nitrogens is 3. The number of carbonyl (C=O) groups is 3. The minimum absolute atomic E-state index is 0.174. The number of anilines is 1. The molecule has 0 saturated carbocycles. The molecule has 2 heterocycles. The highest BCUT2D eigenvalue weighted by molar-refractivity contribution is 6.03. The molecule has 2 aromatic heterocycles. The van der Waals surface area contributed by atoms with Crippen LogP contribution in [-0.2, 0) is 9.53 Å². The van der Waals surface area contributed by atoms with Crippen molar-refractivity contribution < 1.29 is 19.1 Å². The third-order valence-electron chi connectivity index (χ3n) is 4.13. The van der Waals surface area contributed by atoms with Crippen molar-refractivity contribution in [1.82, 2.24) is 19.9 Å². The zero-order chi connectivity index (χ0) is 20.3. The Hall–Kier alpha value is -3.75. The highest BCUT2D eigenvalue weighted by Crippen LogP contribution is 2.15. The average Bonchev–Trinajstić information content (AvgIpc) is 2.98. The molecule has 0 aliphatic carbocycles. The van der Waals surface area contributed by atoms with Crippen LogP contribution in [0.15, 0.2) is 36.7 Å². The van der Waals surface area contributed by atoms with Crippen molar-refractivity contribution >= 4 is 29.2 Å². The molecule has 0 fully saturated rings. The van der Waals surface area contributed by atoms with Crippen molar-refractivity contribution in [3.63, 3.8) is 0 Å². The predicted molar refractivity (Wildman–Crippen MR) is 101 cm³/mol. The van der Waals surface area contributed by atoms with Gasteiger partial charge in [0.15, 0.2) is 12.3 Å². The monoisotopic (exact) mass is 381 g/mol. The van der Waals surface area contributed by atoms with E-state index in [-0.39, 0.29) is 5.56 Å². The lowest BCUT2D eigenvalue weighted by Crippen LogP contribution is -2.37. The van der Waals surface area contributed by atoms with Crippen LogP contribution in [0.3, 0.4) is 0 Å². The molecule has 0 aliphatic rings. The molecule has 0 unspecified atom stereocenters. The van der Waals surface area contributed by atoms with Crippen molar-refractivity contribution in [2.75, 3.05) is 11.9 Å². The Labute approximate surface area is 160 Å². The molecule has 0 radical (unpaired) electrons. The zero-order valence-corrected chi connectivity index (χ0v) is 15.6. The van der Waals surface area contributed by atoms with Gasteiger partial charge in [0.25, 0.3) is 5.91 Å². The Morgan fingerprint density at radius 2 is 1.93 bits per heavy atom. The van der Waals surface area contributed by atoms with E-state index in [1.54, 1.807) is 31.3 Å². The van der Waals surface area contributed by atoms with Gasteiger partial charge in [-0.1, -0.05) is 6.07 Å². The maximum absolute atomic E-state index is 12.3. The molecule has 28 heavy (non-hydrogen) atoms. The van der Waals surface area contributed by atoms with E-state index in [1.165, 1.54) is 10.7 Å². The summed E-state index contributed by atoms with van der Waals surface area (Å²) in [6.45, 7) is 4.91. The number of fused-ring (bicyclic) bond motifs is 1. The van der Waals surface area contributed by atoms with Crippen molar-refractivity contribution in [2.45, 2.75) is 20.8 Å². The van der Waals surface area contributed by atoms with E-state index in [2.05, 4.69) is 20.7 Å². The van der Waals surface area contributed by atoms with Crippen LogP contribution in [0.4, 0.5) is 10.5 Å². The number of hydrogen-bond donors (Lipinski definition) is 2. The number of benzene rings is 1. The summed E-state index contributed by atoms with van der Waals surface area (Å²) in [6, 6.07) is 6.35. The van der Waals surface area contributed by atoms with E-state index in [0.717, 1.165) is 11.1 Å². The largest absolute Gasteiger partial charge is 0.452 e. The van der Waals surface area contributed by atoms with Crippen molar-refractivity contribution in [3.05, 3.63) is 59.0 Å². The van der Waals surface area contributed by atoms with Gasteiger partial charge in [0, 0.05) is 18.1 Å². The first-order valence-electron chi connectivity index (χ1n) is 8.50. The first-order chi connectivity index (χ1) is 13.3. The number of urea groups is 1. The Balaban J connectivity index is 1.56. The third kappa shape index (κ3) is 4.14. The second kappa shape index (κ2) is 7.87. The van der Waals surface area contributed by atoms with Gasteiger partial charge in [-0.3, -0.25) is 10.1 Å². The Bertz CT molecular complexity index is 1070. The Kier molecular flexibility index (Phi) is 5.35. The van der Waals surface area contributed by atoms with Gasteiger partial charge in [-0.25, -0.2) is 19.1 Å². The number of esters is 1. The molecule has 3 rings (SSSR count). The van der Waals surface area contributed by atoms with Crippen LogP contribution in [-0.4, -0.2) is 39.1 Å². The van der Waals surface area contributed by atoms with E-state index < -0.39 is 24.5 Å². The molecule has 0 aliphatic heterocycles. The number of nitrogens with zero attached hydrogens (tertiary/aromatic N) is 3. The van der Waals surface area contributed by atoms with Crippen LogP contribution in [0.25, 0.3) is 5.65 Å². The van der Waals surface area contributed by atoms with Crippen molar-refractivity contribution in [2.24, 2.45) is 0 Å². The number of ether oxygens (including phenoxy) is 1. The van der Waals surface area contributed by atoms with Gasteiger partial charge in [-0.15, -0.1) is 0 Å². The maximum Gasteiger partial charge on any atom is 0.344 e. The van der Waals surface area contributed by atoms with Gasteiger partial charge < -0.3 is 10.1 Å². The number of hydrogen-bond acceptors (Lipinski definition) is 6. The fraction of sp³-hybridized carbons (Fsp3) is 0.211.